The number of pyridine rings is 1. The molecule has 2 heterocycles. The van der Waals surface area contributed by atoms with E-state index in [1.807, 2.05) is 4.90 Å². The summed E-state index contributed by atoms with van der Waals surface area (Å²) in [5, 5.41) is 2.86. The molecule has 1 saturated heterocycles. The number of halogens is 3. The van der Waals surface area contributed by atoms with E-state index in [-0.39, 0.29) is 12.3 Å². The largest absolute Gasteiger partial charge is 0.493 e. The number of hydrogen-bond donors (Lipinski definition) is 1. The Bertz CT molecular complexity index is 945. The van der Waals surface area contributed by atoms with Gasteiger partial charge in [-0.2, -0.15) is 13.2 Å². The topological polar surface area (TPSA) is 76.2 Å². The van der Waals surface area contributed by atoms with Crippen LogP contribution in [0.2, 0.25) is 0 Å². The molecule has 1 N–H and O–H groups in total. The molecule has 2 aromatic rings. The van der Waals surface area contributed by atoms with Crippen LogP contribution >= 0.6 is 0 Å². The molecule has 1 fully saturated rings. The van der Waals surface area contributed by atoms with Crippen molar-refractivity contribution in [3.63, 3.8) is 0 Å². The zero-order valence-electron chi connectivity index (χ0n) is 19.4. The fourth-order valence-corrected chi connectivity index (χ4v) is 3.80. The number of methoxy groups -OCH3 is 3. The molecule has 11 heteroatoms. The van der Waals surface area contributed by atoms with Gasteiger partial charge in [-0.3, -0.25) is 4.79 Å². The summed E-state index contributed by atoms with van der Waals surface area (Å²) < 4.78 is 54.2. The molecule has 1 aromatic heterocycles. The van der Waals surface area contributed by atoms with Crippen molar-refractivity contribution >= 4 is 17.4 Å². The van der Waals surface area contributed by atoms with Gasteiger partial charge in [0.15, 0.2) is 11.5 Å². The number of rotatable bonds is 8. The van der Waals surface area contributed by atoms with Crippen LogP contribution in [0.4, 0.5) is 24.7 Å². The first-order chi connectivity index (χ1) is 16.2. The third kappa shape index (κ3) is 6.43. The number of anilines is 2. The summed E-state index contributed by atoms with van der Waals surface area (Å²) in [5.74, 6) is 1.71. The van der Waals surface area contributed by atoms with Crippen LogP contribution in [0.25, 0.3) is 0 Å². The van der Waals surface area contributed by atoms with Crippen molar-refractivity contribution in [3.8, 4) is 17.2 Å². The van der Waals surface area contributed by atoms with E-state index in [9.17, 15) is 18.0 Å². The highest BCUT2D eigenvalue weighted by molar-refractivity contribution is 5.91. The maximum absolute atomic E-state index is 12.8. The Hall–Kier alpha value is -3.21. The number of aromatic nitrogens is 1. The first-order valence-electron chi connectivity index (χ1n) is 10.9. The summed E-state index contributed by atoms with van der Waals surface area (Å²) in [4.78, 5) is 20.7. The number of carbonyl (C=O) groups is 1. The molecule has 1 amide bonds. The summed E-state index contributed by atoms with van der Waals surface area (Å²) >= 11 is 0. The van der Waals surface area contributed by atoms with Gasteiger partial charge in [0, 0.05) is 56.6 Å². The van der Waals surface area contributed by atoms with Crippen molar-refractivity contribution in [2.24, 2.45) is 0 Å². The number of carbonyl (C=O) groups excluding carboxylic acids is 1. The quantitative estimate of drug-likeness (QED) is 0.615. The average Bonchev–Trinajstić information content (AvgIpc) is 3.07. The predicted molar refractivity (Wildman–Crippen MR) is 122 cm³/mol. The lowest BCUT2D eigenvalue weighted by Crippen LogP contribution is -2.33. The number of benzene rings is 1. The standard InChI is InChI=1S/C23H29F3N4O4/c1-32-18-13-17(14-19(33-2)22(18)34-3)28-21(31)7-10-29-8-4-9-30(12-11-29)20-6-5-16(15-27-20)23(24,25)26/h5-6,13-15H,4,7-12H2,1-3H3,(H,28,31). The molecule has 1 aliphatic heterocycles. The lowest BCUT2D eigenvalue weighted by molar-refractivity contribution is -0.137. The highest BCUT2D eigenvalue weighted by atomic mass is 19.4. The van der Waals surface area contributed by atoms with Crippen LogP contribution in [-0.2, 0) is 11.0 Å². The first-order valence-corrected chi connectivity index (χ1v) is 10.9. The molecular weight excluding hydrogens is 453 g/mol. The molecule has 0 saturated carbocycles. The number of nitrogens with zero attached hydrogens (tertiary/aromatic N) is 3. The minimum absolute atomic E-state index is 0.153. The van der Waals surface area contributed by atoms with Crippen LogP contribution in [0.3, 0.4) is 0 Å². The zero-order chi connectivity index (χ0) is 24.7. The molecule has 0 unspecified atom stereocenters. The number of nitrogens with one attached hydrogen (secondary N) is 1. The summed E-state index contributed by atoms with van der Waals surface area (Å²) in [6.45, 7) is 3.33. The van der Waals surface area contributed by atoms with Gasteiger partial charge in [0.25, 0.3) is 0 Å². The molecule has 186 valence electrons. The lowest BCUT2D eigenvalue weighted by Gasteiger charge is -2.23. The normalized spacial score (nSPS) is 14.9. The third-order valence-electron chi connectivity index (χ3n) is 5.59. The van der Waals surface area contributed by atoms with Crippen molar-refractivity contribution in [2.75, 3.05) is 64.3 Å². The molecule has 1 aliphatic rings. The van der Waals surface area contributed by atoms with Crippen LogP contribution in [-0.4, -0.2) is 69.8 Å². The zero-order valence-corrected chi connectivity index (χ0v) is 19.4. The second-order valence-corrected chi connectivity index (χ2v) is 7.80. The second-order valence-electron chi connectivity index (χ2n) is 7.80. The van der Waals surface area contributed by atoms with Gasteiger partial charge in [-0.25, -0.2) is 4.98 Å². The molecule has 1 aromatic carbocycles. The summed E-state index contributed by atoms with van der Waals surface area (Å²) in [6.07, 6.45) is -2.43. The number of ether oxygens (including phenoxy) is 3. The molecule has 0 aliphatic carbocycles. The van der Waals surface area contributed by atoms with Crippen molar-refractivity contribution in [3.05, 3.63) is 36.0 Å². The Morgan fingerprint density at radius 3 is 2.29 bits per heavy atom. The van der Waals surface area contributed by atoms with Gasteiger partial charge in [0.05, 0.1) is 26.9 Å². The van der Waals surface area contributed by atoms with Crippen LogP contribution in [0, 0.1) is 0 Å². The SMILES string of the molecule is COc1cc(NC(=O)CCN2CCCN(c3ccc(C(F)(F)F)cn3)CC2)cc(OC)c1OC. The van der Waals surface area contributed by atoms with Crippen molar-refractivity contribution in [1.29, 1.82) is 0 Å². The van der Waals surface area contributed by atoms with E-state index in [2.05, 4.69) is 15.2 Å². The van der Waals surface area contributed by atoms with Crippen molar-refractivity contribution in [2.45, 2.75) is 19.0 Å². The Balaban J connectivity index is 1.52. The van der Waals surface area contributed by atoms with Gasteiger partial charge in [-0.15, -0.1) is 0 Å². The van der Waals surface area contributed by atoms with E-state index >= 15 is 0 Å². The monoisotopic (exact) mass is 482 g/mol. The maximum atomic E-state index is 12.8. The van der Waals surface area contributed by atoms with E-state index in [1.165, 1.54) is 27.4 Å². The van der Waals surface area contributed by atoms with Crippen molar-refractivity contribution < 1.29 is 32.2 Å². The van der Waals surface area contributed by atoms with Crippen LogP contribution < -0.4 is 24.4 Å². The molecule has 3 rings (SSSR count). The van der Waals surface area contributed by atoms with Gasteiger partial charge in [-0.1, -0.05) is 0 Å². The average molecular weight is 483 g/mol. The van der Waals surface area contributed by atoms with E-state index < -0.39 is 11.7 Å². The molecule has 0 spiro atoms. The van der Waals surface area contributed by atoms with Gasteiger partial charge in [0.1, 0.15) is 5.82 Å². The minimum Gasteiger partial charge on any atom is -0.493 e. The fourth-order valence-electron chi connectivity index (χ4n) is 3.80. The maximum Gasteiger partial charge on any atom is 0.417 e. The first kappa shape index (κ1) is 25.4. The van der Waals surface area contributed by atoms with Crippen LogP contribution in [0.1, 0.15) is 18.4 Å². The van der Waals surface area contributed by atoms with Crippen LogP contribution in [0.15, 0.2) is 30.5 Å². The van der Waals surface area contributed by atoms with E-state index in [1.54, 1.807) is 12.1 Å². The Morgan fingerprint density at radius 1 is 1.03 bits per heavy atom. The van der Waals surface area contributed by atoms with E-state index in [0.717, 1.165) is 25.2 Å². The summed E-state index contributed by atoms with van der Waals surface area (Å²) in [5.41, 5.74) is -0.222. The van der Waals surface area contributed by atoms with Gasteiger partial charge >= 0.3 is 6.18 Å². The lowest BCUT2D eigenvalue weighted by atomic mass is 10.2. The number of hydrogen-bond acceptors (Lipinski definition) is 7. The fraction of sp³-hybridized carbons (Fsp3) is 0.478. The van der Waals surface area contributed by atoms with E-state index in [0.29, 0.717) is 54.9 Å². The Labute approximate surface area is 196 Å². The second kappa shape index (κ2) is 11.3. The molecule has 34 heavy (non-hydrogen) atoms. The van der Waals surface area contributed by atoms with E-state index in [4.69, 9.17) is 14.2 Å². The van der Waals surface area contributed by atoms with Crippen molar-refractivity contribution in [1.82, 2.24) is 9.88 Å². The highest BCUT2D eigenvalue weighted by Crippen LogP contribution is 2.40. The predicted octanol–water partition coefficient (Wildman–Crippen LogP) is 3.67. The smallest absolute Gasteiger partial charge is 0.417 e. The molecule has 0 radical (unpaired) electrons. The number of alkyl halides is 3. The Morgan fingerprint density at radius 2 is 1.74 bits per heavy atom. The molecular formula is C23H29F3N4O4. The van der Waals surface area contributed by atoms with Gasteiger partial charge in [0.2, 0.25) is 11.7 Å². The summed E-state index contributed by atoms with van der Waals surface area (Å²) in [6, 6.07) is 5.79. The summed E-state index contributed by atoms with van der Waals surface area (Å²) in [7, 11) is 4.52. The molecule has 0 bridgehead atoms. The minimum atomic E-state index is -4.40. The van der Waals surface area contributed by atoms with Gasteiger partial charge in [-0.05, 0) is 25.1 Å². The Kier molecular flexibility index (Phi) is 8.43. The van der Waals surface area contributed by atoms with Crippen LogP contribution in [0.5, 0.6) is 17.2 Å². The molecule has 8 nitrogen and oxygen atoms in total. The number of amides is 1. The van der Waals surface area contributed by atoms with Gasteiger partial charge < -0.3 is 29.3 Å². The third-order valence-corrected chi connectivity index (χ3v) is 5.59. The molecule has 0 atom stereocenters. The highest BCUT2D eigenvalue weighted by Gasteiger charge is 2.31.